The Morgan fingerprint density at radius 3 is 2.50 bits per heavy atom. The molecule has 3 rings (SSSR count). The summed E-state index contributed by atoms with van der Waals surface area (Å²) >= 11 is 0. The third-order valence-electron chi connectivity index (χ3n) is 4.28. The number of aliphatic hydroxyl groups excluding tert-OH is 1. The Bertz CT molecular complexity index is 1140. The number of ether oxygens (including phenoxy) is 1. The van der Waals surface area contributed by atoms with Crippen LogP contribution in [0.2, 0.25) is 0 Å². The van der Waals surface area contributed by atoms with Gasteiger partial charge in [0.05, 0.1) is 6.10 Å². The van der Waals surface area contributed by atoms with Crippen LogP contribution in [-0.2, 0) is 9.59 Å². The number of fused-ring (bicyclic) bond motifs is 1. The standard InChI is InChI=1S/C21H19NO8/c1-11(23)20(21(27)28)22-18(26)10-29-13-7-14(24)19-15(25)9-16(30-17(19)8-13)12-5-3-2-4-6-12/h2-9,11,20,23-24H,10H2,1H3,(H,22,26)(H,27,28)/t11-,20+/m1/s1. The van der Waals surface area contributed by atoms with Gasteiger partial charge in [-0.15, -0.1) is 0 Å². The predicted octanol–water partition coefficient (Wildman–Crippen LogP) is 1.49. The van der Waals surface area contributed by atoms with Crippen molar-refractivity contribution in [2.45, 2.75) is 19.1 Å². The fourth-order valence-electron chi connectivity index (χ4n) is 2.82. The number of carboxylic acid groups (broad SMARTS) is 1. The highest BCUT2D eigenvalue weighted by molar-refractivity contribution is 5.87. The number of aliphatic hydroxyl groups is 1. The van der Waals surface area contributed by atoms with E-state index in [1.807, 2.05) is 6.07 Å². The highest BCUT2D eigenvalue weighted by Gasteiger charge is 2.25. The fraction of sp³-hybridized carbons (Fsp3) is 0.190. The summed E-state index contributed by atoms with van der Waals surface area (Å²) in [4.78, 5) is 35.4. The lowest BCUT2D eigenvalue weighted by molar-refractivity contribution is -0.145. The average Bonchev–Trinajstić information content (AvgIpc) is 2.70. The molecule has 0 saturated carbocycles. The second kappa shape index (κ2) is 8.66. The molecular formula is C21H19NO8. The van der Waals surface area contributed by atoms with E-state index >= 15 is 0 Å². The van der Waals surface area contributed by atoms with Gasteiger partial charge in [0.2, 0.25) is 0 Å². The molecule has 1 amide bonds. The molecule has 1 aromatic heterocycles. The molecule has 0 aliphatic carbocycles. The minimum Gasteiger partial charge on any atom is -0.507 e. The molecule has 4 N–H and O–H groups in total. The summed E-state index contributed by atoms with van der Waals surface area (Å²) in [5.74, 6) is -2.24. The Labute approximate surface area is 170 Å². The first-order valence-electron chi connectivity index (χ1n) is 8.95. The Morgan fingerprint density at radius 2 is 1.87 bits per heavy atom. The van der Waals surface area contributed by atoms with Gasteiger partial charge in [-0.3, -0.25) is 9.59 Å². The molecule has 0 saturated heterocycles. The first-order chi connectivity index (χ1) is 14.3. The Hall–Kier alpha value is -3.85. The lowest BCUT2D eigenvalue weighted by Gasteiger charge is -2.17. The molecular weight excluding hydrogens is 394 g/mol. The lowest BCUT2D eigenvalue weighted by Crippen LogP contribution is -2.49. The minimum atomic E-state index is -1.49. The van der Waals surface area contributed by atoms with E-state index in [4.69, 9.17) is 14.3 Å². The number of hydrogen-bond acceptors (Lipinski definition) is 7. The third kappa shape index (κ3) is 4.58. The van der Waals surface area contributed by atoms with Crippen LogP contribution in [0.1, 0.15) is 6.92 Å². The number of carbonyl (C=O) groups is 2. The number of benzene rings is 2. The summed E-state index contributed by atoms with van der Waals surface area (Å²) in [6, 6.07) is 11.2. The number of rotatable bonds is 7. The summed E-state index contributed by atoms with van der Waals surface area (Å²) < 4.78 is 11.0. The number of nitrogens with one attached hydrogen (secondary N) is 1. The Kier molecular flexibility index (Phi) is 6.03. The van der Waals surface area contributed by atoms with E-state index in [1.165, 1.54) is 19.1 Å². The maximum Gasteiger partial charge on any atom is 0.328 e. The molecule has 2 atom stereocenters. The molecule has 0 fully saturated rings. The van der Waals surface area contributed by atoms with E-state index in [1.54, 1.807) is 24.3 Å². The van der Waals surface area contributed by atoms with E-state index in [-0.39, 0.29) is 22.5 Å². The van der Waals surface area contributed by atoms with Gasteiger partial charge in [0, 0.05) is 23.8 Å². The van der Waals surface area contributed by atoms with E-state index in [2.05, 4.69) is 5.32 Å². The van der Waals surface area contributed by atoms with Crippen LogP contribution >= 0.6 is 0 Å². The van der Waals surface area contributed by atoms with Crippen molar-refractivity contribution in [3.8, 4) is 22.8 Å². The van der Waals surface area contributed by atoms with Crippen molar-refractivity contribution < 1.29 is 34.1 Å². The van der Waals surface area contributed by atoms with Crippen LogP contribution in [0.15, 0.2) is 57.7 Å². The molecule has 2 aromatic carbocycles. The highest BCUT2D eigenvalue weighted by Crippen LogP contribution is 2.31. The van der Waals surface area contributed by atoms with Gasteiger partial charge in [-0.05, 0) is 6.92 Å². The summed E-state index contributed by atoms with van der Waals surface area (Å²) in [7, 11) is 0. The number of carbonyl (C=O) groups excluding carboxylic acids is 1. The molecule has 0 spiro atoms. The smallest absolute Gasteiger partial charge is 0.328 e. The van der Waals surface area contributed by atoms with Crippen molar-refractivity contribution in [3.05, 3.63) is 58.8 Å². The Balaban J connectivity index is 1.84. The van der Waals surface area contributed by atoms with Crippen molar-refractivity contribution in [1.82, 2.24) is 5.32 Å². The lowest BCUT2D eigenvalue weighted by atomic mass is 10.1. The zero-order valence-corrected chi connectivity index (χ0v) is 15.9. The second-order valence-corrected chi connectivity index (χ2v) is 6.57. The number of phenolic OH excluding ortho intramolecular Hbond substituents is 1. The van der Waals surface area contributed by atoms with Crippen LogP contribution in [0.25, 0.3) is 22.3 Å². The van der Waals surface area contributed by atoms with Crippen molar-refractivity contribution >= 4 is 22.8 Å². The topological polar surface area (TPSA) is 146 Å². The largest absolute Gasteiger partial charge is 0.507 e. The van der Waals surface area contributed by atoms with Crippen LogP contribution in [-0.4, -0.2) is 45.9 Å². The van der Waals surface area contributed by atoms with Crippen LogP contribution < -0.4 is 15.5 Å². The first-order valence-corrected chi connectivity index (χ1v) is 8.95. The van der Waals surface area contributed by atoms with Gasteiger partial charge in [-0.2, -0.15) is 0 Å². The van der Waals surface area contributed by atoms with Gasteiger partial charge in [0.25, 0.3) is 5.91 Å². The molecule has 9 heteroatoms. The van der Waals surface area contributed by atoms with Crippen molar-refractivity contribution in [3.63, 3.8) is 0 Å². The van der Waals surface area contributed by atoms with Crippen LogP contribution in [0.3, 0.4) is 0 Å². The van der Waals surface area contributed by atoms with E-state index in [0.29, 0.717) is 11.3 Å². The number of carboxylic acids is 1. The van der Waals surface area contributed by atoms with Gasteiger partial charge in [0.15, 0.2) is 18.1 Å². The summed E-state index contributed by atoms with van der Waals surface area (Å²) in [5, 5.41) is 30.7. The van der Waals surface area contributed by atoms with Crippen molar-refractivity contribution in [2.24, 2.45) is 0 Å². The van der Waals surface area contributed by atoms with Crippen LogP contribution in [0.5, 0.6) is 11.5 Å². The number of aromatic hydroxyl groups is 1. The third-order valence-corrected chi connectivity index (χ3v) is 4.28. The first kappa shape index (κ1) is 20.9. The number of aliphatic carboxylic acids is 1. The van der Waals surface area contributed by atoms with Crippen molar-refractivity contribution in [2.75, 3.05) is 6.61 Å². The molecule has 0 bridgehead atoms. The summed E-state index contributed by atoms with van der Waals surface area (Å²) in [6.07, 6.45) is -1.30. The van der Waals surface area contributed by atoms with Crippen molar-refractivity contribution in [1.29, 1.82) is 0 Å². The maximum atomic E-state index is 12.4. The number of amides is 1. The quantitative estimate of drug-likeness (QED) is 0.456. The van der Waals surface area contributed by atoms with Crippen LogP contribution in [0, 0.1) is 0 Å². The molecule has 0 radical (unpaired) electrons. The molecule has 30 heavy (non-hydrogen) atoms. The number of phenols is 1. The number of hydrogen-bond donors (Lipinski definition) is 4. The Morgan fingerprint density at radius 1 is 1.17 bits per heavy atom. The molecule has 9 nitrogen and oxygen atoms in total. The second-order valence-electron chi connectivity index (χ2n) is 6.57. The van der Waals surface area contributed by atoms with Gasteiger partial charge in [0.1, 0.15) is 28.2 Å². The zero-order valence-electron chi connectivity index (χ0n) is 15.9. The van der Waals surface area contributed by atoms with E-state index < -0.39 is 36.1 Å². The molecule has 156 valence electrons. The molecule has 0 aliphatic heterocycles. The van der Waals surface area contributed by atoms with Crippen LogP contribution in [0.4, 0.5) is 0 Å². The SMILES string of the molecule is C[C@@H](O)[C@H](NC(=O)COc1cc(O)c2c(=O)cc(-c3ccccc3)oc2c1)C(=O)O. The minimum absolute atomic E-state index is 0.0347. The van der Waals surface area contributed by atoms with Gasteiger partial charge in [-0.25, -0.2) is 4.79 Å². The molecule has 0 aliphatic rings. The average molecular weight is 413 g/mol. The normalized spacial score (nSPS) is 12.9. The predicted molar refractivity (Wildman–Crippen MR) is 106 cm³/mol. The fourth-order valence-corrected chi connectivity index (χ4v) is 2.82. The van der Waals surface area contributed by atoms with Gasteiger partial charge < -0.3 is 29.8 Å². The highest BCUT2D eigenvalue weighted by atomic mass is 16.5. The molecule has 3 aromatic rings. The van der Waals surface area contributed by atoms with E-state index in [9.17, 15) is 24.6 Å². The maximum absolute atomic E-state index is 12.4. The molecule has 0 unspecified atom stereocenters. The van der Waals surface area contributed by atoms with E-state index in [0.717, 1.165) is 6.07 Å². The summed E-state index contributed by atoms with van der Waals surface area (Å²) in [5.41, 5.74) is 0.279. The summed E-state index contributed by atoms with van der Waals surface area (Å²) in [6.45, 7) is 0.650. The van der Waals surface area contributed by atoms with Gasteiger partial charge in [-0.1, -0.05) is 30.3 Å². The molecule has 1 heterocycles. The van der Waals surface area contributed by atoms with Gasteiger partial charge >= 0.3 is 5.97 Å². The monoisotopic (exact) mass is 413 g/mol. The zero-order chi connectivity index (χ0) is 21.8.